The number of anilines is 6. The van der Waals surface area contributed by atoms with Crippen LogP contribution in [0.5, 0.6) is 0 Å². The summed E-state index contributed by atoms with van der Waals surface area (Å²) in [6.07, 6.45) is 0. The molecule has 0 N–H and O–H groups in total. The van der Waals surface area contributed by atoms with Crippen molar-refractivity contribution in [2.45, 2.75) is 5.41 Å². The molecule has 0 saturated heterocycles. The summed E-state index contributed by atoms with van der Waals surface area (Å²) in [6.45, 7) is -0.194. The van der Waals surface area contributed by atoms with Crippen molar-refractivity contribution in [3.05, 3.63) is 295 Å². The van der Waals surface area contributed by atoms with Gasteiger partial charge in [-0.25, -0.2) is 0 Å². The van der Waals surface area contributed by atoms with E-state index in [4.69, 9.17) is 8.83 Å². The summed E-state index contributed by atoms with van der Waals surface area (Å²) in [5.74, 6) is 0. The number of fused-ring (bicyclic) bond motifs is 13. The van der Waals surface area contributed by atoms with Crippen LogP contribution in [0, 0.1) is 0 Å². The molecule has 4 nitrogen and oxygen atoms in total. The Morgan fingerprint density at radius 1 is 0.295 bits per heavy atom. The fourth-order valence-corrected chi connectivity index (χ4v) is 13.8. The molecule has 0 fully saturated rings. The Labute approximate surface area is 451 Å². The first-order valence-corrected chi connectivity index (χ1v) is 26.9. The molecular formula is C73H45BN2O2. The van der Waals surface area contributed by atoms with Gasteiger partial charge in [0.1, 0.15) is 22.3 Å². The zero-order chi connectivity index (χ0) is 51.1. The van der Waals surface area contributed by atoms with Crippen LogP contribution in [0.1, 0.15) is 22.3 Å². The highest BCUT2D eigenvalue weighted by Crippen LogP contribution is 2.58. The second kappa shape index (κ2) is 16.5. The molecule has 2 aliphatic heterocycles. The summed E-state index contributed by atoms with van der Waals surface area (Å²) < 4.78 is 13.7. The third-order valence-electron chi connectivity index (χ3n) is 17.1. The Morgan fingerprint density at radius 2 is 0.692 bits per heavy atom. The molecule has 3 aliphatic rings. The lowest BCUT2D eigenvalue weighted by Crippen LogP contribution is -2.61. The number of furan rings is 2. The van der Waals surface area contributed by atoms with Crippen molar-refractivity contribution in [2.75, 3.05) is 9.80 Å². The van der Waals surface area contributed by atoms with Crippen LogP contribution in [0.25, 0.3) is 77.3 Å². The van der Waals surface area contributed by atoms with Gasteiger partial charge in [-0.3, -0.25) is 0 Å². The Hall–Kier alpha value is -10.1. The van der Waals surface area contributed by atoms with Gasteiger partial charge in [0.15, 0.2) is 0 Å². The first-order chi connectivity index (χ1) is 38.7. The van der Waals surface area contributed by atoms with E-state index in [0.29, 0.717) is 0 Å². The highest BCUT2D eigenvalue weighted by atomic mass is 16.3. The van der Waals surface area contributed by atoms with Crippen LogP contribution in [0.15, 0.2) is 282 Å². The minimum atomic E-state index is -0.701. The van der Waals surface area contributed by atoms with Gasteiger partial charge in [0, 0.05) is 67.8 Å². The maximum Gasteiger partial charge on any atom is 0.252 e. The van der Waals surface area contributed by atoms with Crippen molar-refractivity contribution in [3.63, 3.8) is 0 Å². The SMILES string of the molecule is c1ccc(-c2ccc(N3c4cc5oc6ccccc6c5cc4B4c5cc6c(cc5N(c5ccc(-c7ccccc7)cc5)c5cc(C7(c8ccccc8)c8ccccc8-c8ccccc87)cc3c54)oc3ccccc36)cc2)cc1. The standard InChI is InChI=1S/C73H45BN2O2/c1-4-18-46(19-5-1)48-32-36-52(37-33-48)75-64-44-70-58(56-26-12-16-30-68(56)77-70)42-62(64)74-63-43-59-57-27-13-17-31-69(57)78-71(59)45-65(63)76(53-38-34-49(35-39-53)47-20-6-2-7-21-47)67-41-51(40-66(75)72(67)74)73(50-22-8-3-9-23-50)60-28-14-10-24-54(60)55-25-11-15-29-61(55)73/h1-45H. The summed E-state index contributed by atoms with van der Waals surface area (Å²) in [6, 6.07) is 101. The number of para-hydroxylation sites is 2. The van der Waals surface area contributed by atoms with Gasteiger partial charge in [0.25, 0.3) is 6.71 Å². The van der Waals surface area contributed by atoms with Crippen LogP contribution < -0.4 is 26.2 Å². The van der Waals surface area contributed by atoms with Crippen LogP contribution >= 0.6 is 0 Å². The van der Waals surface area contributed by atoms with E-state index >= 15 is 0 Å². The highest BCUT2D eigenvalue weighted by Gasteiger charge is 2.50. The molecule has 17 rings (SSSR count). The van der Waals surface area contributed by atoms with Crippen molar-refractivity contribution in [1.82, 2.24) is 0 Å². The number of rotatable bonds is 6. The molecule has 0 unspecified atom stereocenters. The van der Waals surface area contributed by atoms with E-state index in [0.717, 1.165) is 89.1 Å². The van der Waals surface area contributed by atoms with Crippen LogP contribution in [-0.4, -0.2) is 6.71 Å². The fourth-order valence-electron chi connectivity index (χ4n) is 13.8. The second-order valence-corrected chi connectivity index (χ2v) is 21.1. The van der Waals surface area contributed by atoms with E-state index in [1.165, 1.54) is 60.9 Å². The summed E-state index contributed by atoms with van der Waals surface area (Å²) in [7, 11) is 0. The lowest BCUT2D eigenvalue weighted by Gasteiger charge is -2.45. The predicted octanol–water partition coefficient (Wildman–Crippen LogP) is 17.3. The molecule has 0 atom stereocenters. The van der Waals surface area contributed by atoms with Crippen molar-refractivity contribution in [2.24, 2.45) is 0 Å². The topological polar surface area (TPSA) is 32.8 Å². The average molecular weight is 993 g/mol. The summed E-state index contributed by atoms with van der Waals surface area (Å²) in [5.41, 5.74) is 25.0. The minimum absolute atomic E-state index is 0.194. The van der Waals surface area contributed by atoms with Crippen molar-refractivity contribution in [1.29, 1.82) is 0 Å². The van der Waals surface area contributed by atoms with E-state index in [-0.39, 0.29) is 6.71 Å². The van der Waals surface area contributed by atoms with Gasteiger partial charge >= 0.3 is 0 Å². The molecule has 0 spiro atoms. The van der Waals surface area contributed by atoms with Gasteiger partial charge in [0.05, 0.1) is 5.41 Å². The van der Waals surface area contributed by atoms with E-state index < -0.39 is 5.41 Å². The third kappa shape index (κ3) is 6.07. The van der Waals surface area contributed by atoms with Crippen LogP contribution in [0.4, 0.5) is 34.1 Å². The quantitative estimate of drug-likeness (QED) is 0.155. The molecule has 0 amide bonds. The lowest BCUT2D eigenvalue weighted by atomic mass is 9.33. The van der Waals surface area contributed by atoms with Gasteiger partial charge in [-0.15, -0.1) is 0 Å². The molecule has 78 heavy (non-hydrogen) atoms. The molecule has 362 valence electrons. The van der Waals surface area contributed by atoms with E-state index in [2.05, 4.69) is 283 Å². The van der Waals surface area contributed by atoms with Gasteiger partial charge < -0.3 is 18.6 Å². The predicted molar refractivity (Wildman–Crippen MR) is 323 cm³/mol. The first-order valence-electron chi connectivity index (χ1n) is 26.9. The molecule has 0 bridgehead atoms. The molecule has 2 aromatic heterocycles. The van der Waals surface area contributed by atoms with E-state index in [9.17, 15) is 0 Å². The average Bonchev–Trinajstić information content (AvgIpc) is 4.04. The van der Waals surface area contributed by atoms with E-state index in [1.54, 1.807) is 0 Å². The molecule has 14 aromatic rings. The molecule has 0 radical (unpaired) electrons. The monoisotopic (exact) mass is 992 g/mol. The fraction of sp³-hybridized carbons (Fsp3) is 0.0137. The third-order valence-corrected chi connectivity index (χ3v) is 17.1. The zero-order valence-electron chi connectivity index (χ0n) is 42.3. The van der Waals surface area contributed by atoms with Crippen LogP contribution in [0.3, 0.4) is 0 Å². The maximum atomic E-state index is 6.87. The molecular weight excluding hydrogens is 948 g/mol. The lowest BCUT2D eigenvalue weighted by molar-refractivity contribution is 0.668. The van der Waals surface area contributed by atoms with Crippen LogP contribution in [-0.2, 0) is 5.41 Å². The highest BCUT2D eigenvalue weighted by molar-refractivity contribution is 7.00. The maximum absolute atomic E-state index is 6.87. The first kappa shape index (κ1) is 43.2. The Morgan fingerprint density at radius 3 is 1.17 bits per heavy atom. The molecule has 12 aromatic carbocycles. The number of hydrogen-bond donors (Lipinski definition) is 0. The number of nitrogens with zero attached hydrogens (tertiary/aromatic N) is 2. The molecule has 1 aliphatic carbocycles. The van der Waals surface area contributed by atoms with Crippen molar-refractivity contribution >= 4 is 101 Å². The number of benzene rings is 12. The molecule has 0 saturated carbocycles. The molecule has 4 heterocycles. The summed E-state index contributed by atoms with van der Waals surface area (Å²) in [4.78, 5) is 5.07. The van der Waals surface area contributed by atoms with Gasteiger partial charge in [-0.2, -0.15) is 0 Å². The van der Waals surface area contributed by atoms with Gasteiger partial charge in [0.2, 0.25) is 0 Å². The summed E-state index contributed by atoms with van der Waals surface area (Å²) >= 11 is 0. The Balaban J connectivity index is 1.04. The smallest absolute Gasteiger partial charge is 0.252 e. The number of hydrogen-bond acceptors (Lipinski definition) is 4. The van der Waals surface area contributed by atoms with Crippen molar-refractivity contribution in [3.8, 4) is 33.4 Å². The second-order valence-electron chi connectivity index (χ2n) is 21.1. The van der Waals surface area contributed by atoms with Gasteiger partial charge in [-0.1, -0.05) is 212 Å². The summed E-state index contributed by atoms with van der Waals surface area (Å²) in [5, 5.41) is 4.41. The van der Waals surface area contributed by atoms with Crippen molar-refractivity contribution < 1.29 is 8.83 Å². The van der Waals surface area contributed by atoms with E-state index in [1.807, 2.05) is 0 Å². The minimum Gasteiger partial charge on any atom is -0.456 e. The Kier molecular flexibility index (Phi) is 9.11. The Bertz CT molecular complexity index is 4460. The molecule has 5 heteroatoms. The zero-order valence-corrected chi connectivity index (χ0v) is 42.3. The van der Waals surface area contributed by atoms with Crippen LogP contribution in [0.2, 0.25) is 0 Å². The van der Waals surface area contributed by atoms with Gasteiger partial charge in [-0.05, 0) is 121 Å². The normalized spacial score (nSPS) is 13.7. The largest absolute Gasteiger partial charge is 0.456 e.